The molecule has 1 aromatic heterocycles. The molecule has 2 heterocycles. The first-order valence-electron chi connectivity index (χ1n) is 7.41. The van der Waals surface area contributed by atoms with Crippen LogP contribution in [0.5, 0.6) is 0 Å². The van der Waals surface area contributed by atoms with Gasteiger partial charge in [0.2, 0.25) is 0 Å². The van der Waals surface area contributed by atoms with E-state index in [-0.39, 0.29) is 17.4 Å². The molecule has 2 aliphatic rings. The molecule has 1 unspecified atom stereocenters. The first-order chi connectivity index (χ1) is 9.72. The molecule has 0 radical (unpaired) electrons. The van der Waals surface area contributed by atoms with Crippen LogP contribution in [0.1, 0.15) is 37.3 Å². The summed E-state index contributed by atoms with van der Waals surface area (Å²) >= 11 is 0. The third-order valence-electron chi connectivity index (χ3n) is 4.77. The standard InChI is InChI=1S/C15H22FN3O/c16-13-9-12(10-18-11-13)14(17)15(3-1-2-4-15)19-5-7-20-8-6-19/h9-11,14H,1-8,17H2. The summed E-state index contributed by atoms with van der Waals surface area (Å²) in [5.41, 5.74) is 7.29. The van der Waals surface area contributed by atoms with E-state index < -0.39 is 0 Å². The fourth-order valence-corrected chi connectivity index (χ4v) is 3.73. The maximum Gasteiger partial charge on any atom is 0.141 e. The molecular formula is C15H22FN3O. The number of rotatable bonds is 3. The molecular weight excluding hydrogens is 257 g/mol. The van der Waals surface area contributed by atoms with E-state index in [1.807, 2.05) is 0 Å². The van der Waals surface area contributed by atoms with Gasteiger partial charge in [-0.2, -0.15) is 0 Å². The Morgan fingerprint density at radius 1 is 1.25 bits per heavy atom. The minimum atomic E-state index is -0.312. The molecule has 0 aromatic carbocycles. The summed E-state index contributed by atoms with van der Waals surface area (Å²) in [7, 11) is 0. The van der Waals surface area contributed by atoms with Gasteiger partial charge < -0.3 is 10.5 Å². The molecule has 110 valence electrons. The van der Waals surface area contributed by atoms with Crippen LogP contribution in [-0.2, 0) is 4.74 Å². The van der Waals surface area contributed by atoms with E-state index in [1.54, 1.807) is 6.20 Å². The second kappa shape index (κ2) is 5.76. The highest BCUT2D eigenvalue weighted by molar-refractivity contribution is 5.21. The van der Waals surface area contributed by atoms with Gasteiger partial charge in [0.25, 0.3) is 0 Å². The summed E-state index contributed by atoms with van der Waals surface area (Å²) in [6.07, 6.45) is 7.46. The number of hydrogen-bond donors (Lipinski definition) is 1. The number of pyridine rings is 1. The summed E-state index contributed by atoms with van der Waals surface area (Å²) in [6, 6.07) is 1.34. The molecule has 1 saturated carbocycles. The van der Waals surface area contributed by atoms with Crippen molar-refractivity contribution in [1.82, 2.24) is 9.88 Å². The normalized spacial score (nSPS) is 24.7. The second-order valence-electron chi connectivity index (χ2n) is 5.82. The van der Waals surface area contributed by atoms with Crippen LogP contribution in [0, 0.1) is 5.82 Å². The maximum absolute atomic E-state index is 13.4. The monoisotopic (exact) mass is 279 g/mol. The van der Waals surface area contributed by atoms with Crippen molar-refractivity contribution in [3.05, 3.63) is 29.8 Å². The van der Waals surface area contributed by atoms with Gasteiger partial charge in [0.15, 0.2) is 0 Å². The van der Waals surface area contributed by atoms with E-state index in [2.05, 4.69) is 9.88 Å². The predicted molar refractivity (Wildman–Crippen MR) is 74.7 cm³/mol. The Morgan fingerprint density at radius 2 is 1.95 bits per heavy atom. The topological polar surface area (TPSA) is 51.4 Å². The van der Waals surface area contributed by atoms with Crippen LogP contribution in [0.25, 0.3) is 0 Å². The average Bonchev–Trinajstić information content (AvgIpc) is 2.98. The zero-order valence-electron chi connectivity index (χ0n) is 11.7. The molecule has 0 bridgehead atoms. The predicted octanol–water partition coefficient (Wildman–Crippen LogP) is 1.87. The van der Waals surface area contributed by atoms with Crippen LogP contribution in [0.3, 0.4) is 0 Å². The summed E-state index contributed by atoms with van der Waals surface area (Å²) in [5.74, 6) is -0.312. The molecule has 3 rings (SSSR count). The average molecular weight is 279 g/mol. The van der Waals surface area contributed by atoms with E-state index in [9.17, 15) is 4.39 Å². The van der Waals surface area contributed by atoms with Crippen molar-refractivity contribution >= 4 is 0 Å². The van der Waals surface area contributed by atoms with Gasteiger partial charge in [0, 0.05) is 30.9 Å². The minimum Gasteiger partial charge on any atom is -0.379 e. The fraction of sp³-hybridized carbons (Fsp3) is 0.667. The van der Waals surface area contributed by atoms with Crippen LogP contribution in [0.15, 0.2) is 18.5 Å². The second-order valence-corrected chi connectivity index (χ2v) is 5.82. The number of hydrogen-bond acceptors (Lipinski definition) is 4. The van der Waals surface area contributed by atoms with Gasteiger partial charge >= 0.3 is 0 Å². The highest BCUT2D eigenvalue weighted by atomic mass is 19.1. The molecule has 1 aliphatic heterocycles. The fourth-order valence-electron chi connectivity index (χ4n) is 3.73. The van der Waals surface area contributed by atoms with Crippen molar-refractivity contribution in [3.63, 3.8) is 0 Å². The lowest BCUT2D eigenvalue weighted by molar-refractivity contribution is -0.0312. The third kappa shape index (κ3) is 2.45. The molecule has 2 N–H and O–H groups in total. The molecule has 1 aromatic rings. The number of nitrogens with two attached hydrogens (primary N) is 1. The molecule has 20 heavy (non-hydrogen) atoms. The number of morpholine rings is 1. The van der Waals surface area contributed by atoms with Gasteiger partial charge in [-0.3, -0.25) is 9.88 Å². The van der Waals surface area contributed by atoms with Crippen LogP contribution in [0.2, 0.25) is 0 Å². The Morgan fingerprint density at radius 3 is 2.60 bits per heavy atom. The first kappa shape index (κ1) is 13.9. The summed E-state index contributed by atoms with van der Waals surface area (Å²) < 4.78 is 18.9. The summed E-state index contributed by atoms with van der Waals surface area (Å²) in [6.45, 7) is 3.35. The molecule has 2 fully saturated rings. The SMILES string of the molecule is NC(c1cncc(F)c1)C1(N2CCOCC2)CCCC1. The van der Waals surface area contributed by atoms with E-state index in [4.69, 9.17) is 10.5 Å². The highest BCUT2D eigenvalue weighted by Crippen LogP contribution is 2.43. The van der Waals surface area contributed by atoms with Crippen LogP contribution in [0.4, 0.5) is 4.39 Å². The Balaban J connectivity index is 1.89. The lowest BCUT2D eigenvalue weighted by Gasteiger charge is -2.47. The van der Waals surface area contributed by atoms with Gasteiger partial charge in [0.1, 0.15) is 5.82 Å². The molecule has 1 saturated heterocycles. The Labute approximate surface area is 119 Å². The van der Waals surface area contributed by atoms with Gasteiger partial charge in [0.05, 0.1) is 19.4 Å². The van der Waals surface area contributed by atoms with Crippen LogP contribution >= 0.6 is 0 Å². The lowest BCUT2D eigenvalue weighted by Crippen LogP contribution is -2.57. The molecule has 5 heteroatoms. The minimum absolute atomic E-state index is 0.0563. The van der Waals surface area contributed by atoms with Gasteiger partial charge in [-0.1, -0.05) is 12.8 Å². The molecule has 0 amide bonds. The number of ether oxygens (including phenoxy) is 1. The smallest absolute Gasteiger partial charge is 0.141 e. The van der Waals surface area contributed by atoms with Crippen molar-refractivity contribution in [2.75, 3.05) is 26.3 Å². The Hall–Kier alpha value is -1.04. The zero-order chi connectivity index (χ0) is 14.0. The molecule has 0 spiro atoms. The first-order valence-corrected chi connectivity index (χ1v) is 7.41. The van der Waals surface area contributed by atoms with Gasteiger partial charge in [-0.05, 0) is 24.5 Å². The third-order valence-corrected chi connectivity index (χ3v) is 4.77. The quantitative estimate of drug-likeness (QED) is 0.917. The highest BCUT2D eigenvalue weighted by Gasteiger charge is 2.45. The molecule has 4 nitrogen and oxygen atoms in total. The van der Waals surface area contributed by atoms with Crippen LogP contribution in [-0.4, -0.2) is 41.7 Å². The van der Waals surface area contributed by atoms with Crippen molar-refractivity contribution in [3.8, 4) is 0 Å². The number of aromatic nitrogens is 1. The van der Waals surface area contributed by atoms with Crippen molar-refractivity contribution < 1.29 is 9.13 Å². The van der Waals surface area contributed by atoms with E-state index in [0.717, 1.165) is 44.7 Å². The largest absolute Gasteiger partial charge is 0.379 e. The Bertz CT molecular complexity index is 456. The summed E-state index contributed by atoms with van der Waals surface area (Å²) in [4.78, 5) is 6.41. The zero-order valence-corrected chi connectivity index (χ0v) is 11.7. The van der Waals surface area contributed by atoms with Crippen molar-refractivity contribution in [2.24, 2.45) is 5.73 Å². The van der Waals surface area contributed by atoms with Crippen molar-refractivity contribution in [2.45, 2.75) is 37.3 Å². The Kier molecular flexibility index (Phi) is 4.01. The van der Waals surface area contributed by atoms with Crippen molar-refractivity contribution in [1.29, 1.82) is 0 Å². The van der Waals surface area contributed by atoms with Gasteiger partial charge in [-0.25, -0.2) is 4.39 Å². The molecule has 1 aliphatic carbocycles. The summed E-state index contributed by atoms with van der Waals surface area (Å²) in [5, 5.41) is 0. The van der Waals surface area contributed by atoms with Gasteiger partial charge in [-0.15, -0.1) is 0 Å². The van der Waals surface area contributed by atoms with E-state index in [0.29, 0.717) is 0 Å². The molecule has 1 atom stereocenters. The lowest BCUT2D eigenvalue weighted by atomic mass is 9.82. The van der Waals surface area contributed by atoms with E-state index >= 15 is 0 Å². The van der Waals surface area contributed by atoms with E-state index in [1.165, 1.54) is 25.1 Å². The van der Waals surface area contributed by atoms with Crippen LogP contribution < -0.4 is 5.73 Å². The maximum atomic E-state index is 13.4. The number of halogens is 1. The number of nitrogens with zero attached hydrogens (tertiary/aromatic N) is 2.